The minimum absolute atomic E-state index is 0.358. The summed E-state index contributed by atoms with van der Waals surface area (Å²) in [5.41, 5.74) is 5.40. The van der Waals surface area contributed by atoms with E-state index in [1.807, 2.05) is 0 Å². The second kappa shape index (κ2) is 4.94. The number of hydrogen-bond acceptors (Lipinski definition) is 3. The molecule has 0 bridgehead atoms. The van der Waals surface area contributed by atoms with E-state index < -0.39 is 0 Å². The van der Waals surface area contributed by atoms with E-state index in [0.29, 0.717) is 18.6 Å². The number of hydrogen-bond donors (Lipinski definition) is 2. The molecule has 13 heavy (non-hydrogen) atoms. The Morgan fingerprint density at radius 3 is 2.38 bits per heavy atom. The van der Waals surface area contributed by atoms with Crippen molar-refractivity contribution in [2.24, 2.45) is 5.73 Å². The molecule has 1 aliphatic heterocycles. The normalized spacial score (nSPS) is 33.2. The van der Waals surface area contributed by atoms with Crippen LogP contribution in [0.4, 0.5) is 0 Å². The monoisotopic (exact) mass is 186 g/mol. The fourth-order valence-corrected chi connectivity index (χ4v) is 2.15. The molecule has 78 valence electrons. The van der Waals surface area contributed by atoms with Gasteiger partial charge in [-0.05, 0) is 26.7 Å². The Balaban J connectivity index is 2.43. The van der Waals surface area contributed by atoms with E-state index in [4.69, 9.17) is 5.73 Å². The zero-order valence-corrected chi connectivity index (χ0v) is 8.74. The van der Waals surface area contributed by atoms with Crippen LogP contribution in [0.1, 0.15) is 33.1 Å². The molecule has 1 fully saturated rings. The summed E-state index contributed by atoms with van der Waals surface area (Å²) in [6, 6.07) is 1.20. The molecule has 0 aromatic rings. The van der Waals surface area contributed by atoms with Gasteiger partial charge in [-0.15, -0.1) is 0 Å². The van der Waals surface area contributed by atoms with Gasteiger partial charge in [0.05, 0.1) is 6.10 Å². The molecule has 1 rings (SSSR count). The molecule has 0 aromatic heterocycles. The molecule has 3 atom stereocenters. The van der Waals surface area contributed by atoms with Crippen molar-refractivity contribution in [3.63, 3.8) is 0 Å². The van der Waals surface area contributed by atoms with Crippen molar-refractivity contribution in [1.29, 1.82) is 0 Å². The summed E-state index contributed by atoms with van der Waals surface area (Å²) in [6.07, 6.45) is 3.46. The first-order valence-electron chi connectivity index (χ1n) is 5.29. The second-order valence-corrected chi connectivity index (χ2v) is 4.22. The molecule has 3 nitrogen and oxygen atoms in total. The smallest absolute Gasteiger partial charge is 0.0789 e. The highest BCUT2D eigenvalue weighted by Gasteiger charge is 2.25. The van der Waals surface area contributed by atoms with Crippen molar-refractivity contribution in [3.8, 4) is 0 Å². The van der Waals surface area contributed by atoms with Crippen molar-refractivity contribution < 1.29 is 5.11 Å². The largest absolute Gasteiger partial charge is 0.390 e. The highest BCUT2D eigenvalue weighted by molar-refractivity contribution is 4.81. The van der Waals surface area contributed by atoms with E-state index in [-0.39, 0.29) is 6.10 Å². The van der Waals surface area contributed by atoms with Gasteiger partial charge in [0.25, 0.3) is 0 Å². The third kappa shape index (κ3) is 2.93. The van der Waals surface area contributed by atoms with Gasteiger partial charge in [-0.3, -0.25) is 4.90 Å². The van der Waals surface area contributed by atoms with Gasteiger partial charge in [0.2, 0.25) is 0 Å². The molecule has 0 unspecified atom stereocenters. The lowest BCUT2D eigenvalue weighted by Gasteiger charge is -2.39. The van der Waals surface area contributed by atoms with Crippen LogP contribution in [0.15, 0.2) is 0 Å². The third-order valence-electron chi connectivity index (χ3n) is 3.07. The van der Waals surface area contributed by atoms with Crippen LogP contribution in [0.2, 0.25) is 0 Å². The summed E-state index contributed by atoms with van der Waals surface area (Å²) < 4.78 is 0. The molecule has 0 aromatic carbocycles. The summed E-state index contributed by atoms with van der Waals surface area (Å²) >= 11 is 0. The minimum Gasteiger partial charge on any atom is -0.390 e. The van der Waals surface area contributed by atoms with E-state index in [2.05, 4.69) is 18.7 Å². The van der Waals surface area contributed by atoms with Crippen LogP contribution in [0, 0.1) is 0 Å². The minimum atomic E-state index is -0.358. The lowest BCUT2D eigenvalue weighted by Crippen LogP contribution is -2.48. The topological polar surface area (TPSA) is 49.5 Å². The maximum atomic E-state index is 9.48. The van der Waals surface area contributed by atoms with Gasteiger partial charge in [-0.1, -0.05) is 6.42 Å². The molecule has 0 aliphatic carbocycles. The molecule has 1 heterocycles. The summed E-state index contributed by atoms with van der Waals surface area (Å²) in [5, 5.41) is 9.48. The third-order valence-corrected chi connectivity index (χ3v) is 3.07. The molecule has 3 heteroatoms. The molecule has 3 N–H and O–H groups in total. The van der Waals surface area contributed by atoms with E-state index in [0.717, 1.165) is 6.54 Å². The van der Waals surface area contributed by atoms with Gasteiger partial charge in [-0.2, -0.15) is 0 Å². The number of nitrogens with zero attached hydrogens (tertiary/aromatic N) is 1. The summed E-state index contributed by atoms with van der Waals surface area (Å²) in [4.78, 5) is 2.38. The average molecular weight is 186 g/mol. The standard InChI is InChI=1S/C10H22N2O/c1-8-4-3-5-9(2)12(8)7-10(13)6-11/h8-10,13H,3-7,11H2,1-2H3/t8-,9+,10-/m1/s1. The highest BCUT2D eigenvalue weighted by Crippen LogP contribution is 2.22. The van der Waals surface area contributed by atoms with E-state index in [1.54, 1.807) is 0 Å². The Kier molecular flexibility index (Phi) is 4.16. The summed E-state index contributed by atoms with van der Waals surface area (Å²) in [6.45, 7) is 5.58. The lowest BCUT2D eigenvalue weighted by molar-refractivity contribution is 0.0452. The Morgan fingerprint density at radius 2 is 1.92 bits per heavy atom. The van der Waals surface area contributed by atoms with Gasteiger partial charge in [0.1, 0.15) is 0 Å². The Morgan fingerprint density at radius 1 is 1.38 bits per heavy atom. The number of β-amino-alcohol motifs (C(OH)–C–C–N with tert-alkyl or cyclic N) is 1. The zero-order chi connectivity index (χ0) is 9.84. The molecule has 1 aliphatic rings. The van der Waals surface area contributed by atoms with Crippen LogP contribution < -0.4 is 5.73 Å². The molecular formula is C10H22N2O. The van der Waals surface area contributed by atoms with Crippen LogP contribution >= 0.6 is 0 Å². The molecule has 1 saturated heterocycles. The van der Waals surface area contributed by atoms with E-state index >= 15 is 0 Å². The maximum Gasteiger partial charge on any atom is 0.0789 e. The van der Waals surface area contributed by atoms with Gasteiger partial charge >= 0.3 is 0 Å². The molecule has 0 spiro atoms. The van der Waals surface area contributed by atoms with Crippen LogP contribution in [0.5, 0.6) is 0 Å². The first-order valence-corrected chi connectivity index (χ1v) is 5.29. The fourth-order valence-electron chi connectivity index (χ4n) is 2.15. The van der Waals surface area contributed by atoms with Crippen LogP contribution in [0.3, 0.4) is 0 Å². The quantitative estimate of drug-likeness (QED) is 0.677. The van der Waals surface area contributed by atoms with Crippen LogP contribution in [-0.2, 0) is 0 Å². The fraction of sp³-hybridized carbons (Fsp3) is 1.00. The van der Waals surface area contributed by atoms with Gasteiger partial charge < -0.3 is 10.8 Å². The number of rotatable bonds is 3. The summed E-state index contributed by atoms with van der Waals surface area (Å²) in [7, 11) is 0. The molecule has 0 saturated carbocycles. The first kappa shape index (κ1) is 11.0. The van der Waals surface area contributed by atoms with Crippen molar-refractivity contribution in [3.05, 3.63) is 0 Å². The van der Waals surface area contributed by atoms with Gasteiger partial charge in [-0.25, -0.2) is 0 Å². The Labute approximate surface area is 80.9 Å². The van der Waals surface area contributed by atoms with Crippen molar-refractivity contribution in [2.45, 2.75) is 51.3 Å². The van der Waals surface area contributed by atoms with Crippen LogP contribution in [-0.4, -0.2) is 41.3 Å². The predicted octanol–water partition coefficient (Wildman–Crippen LogP) is 0.569. The first-order chi connectivity index (χ1) is 6.15. The maximum absolute atomic E-state index is 9.48. The molecular weight excluding hydrogens is 164 g/mol. The second-order valence-electron chi connectivity index (χ2n) is 4.22. The highest BCUT2D eigenvalue weighted by atomic mass is 16.3. The van der Waals surface area contributed by atoms with Crippen molar-refractivity contribution in [1.82, 2.24) is 4.90 Å². The SMILES string of the molecule is C[C@@H]1CCC[C@H](C)N1C[C@H](O)CN. The Bertz CT molecular complexity index is 142. The average Bonchev–Trinajstić information content (AvgIpc) is 2.11. The number of aliphatic hydroxyl groups is 1. The van der Waals surface area contributed by atoms with E-state index in [9.17, 15) is 5.11 Å². The summed E-state index contributed by atoms with van der Waals surface area (Å²) in [5.74, 6) is 0. The van der Waals surface area contributed by atoms with Gasteiger partial charge in [0.15, 0.2) is 0 Å². The number of piperidine rings is 1. The number of aliphatic hydroxyl groups excluding tert-OH is 1. The van der Waals surface area contributed by atoms with Gasteiger partial charge in [0, 0.05) is 25.2 Å². The van der Waals surface area contributed by atoms with E-state index in [1.165, 1.54) is 19.3 Å². The lowest BCUT2D eigenvalue weighted by atomic mass is 9.97. The molecule has 0 radical (unpaired) electrons. The molecule has 0 amide bonds. The Hall–Kier alpha value is -0.120. The van der Waals surface area contributed by atoms with Crippen molar-refractivity contribution >= 4 is 0 Å². The van der Waals surface area contributed by atoms with Crippen molar-refractivity contribution in [2.75, 3.05) is 13.1 Å². The van der Waals surface area contributed by atoms with Crippen LogP contribution in [0.25, 0.3) is 0 Å². The number of nitrogens with two attached hydrogens (primary N) is 1. The number of likely N-dealkylation sites (tertiary alicyclic amines) is 1. The zero-order valence-electron chi connectivity index (χ0n) is 8.74. The predicted molar refractivity (Wildman–Crippen MR) is 54.5 cm³/mol.